The highest BCUT2D eigenvalue weighted by Crippen LogP contribution is 2.14. The van der Waals surface area contributed by atoms with Gasteiger partial charge < -0.3 is 19.7 Å². The summed E-state index contributed by atoms with van der Waals surface area (Å²) in [6.45, 7) is 3.86. The molecule has 1 heterocycles. The van der Waals surface area contributed by atoms with Crippen LogP contribution < -0.4 is 5.32 Å². The van der Waals surface area contributed by atoms with Crippen LogP contribution in [0.2, 0.25) is 0 Å². The molecule has 0 unspecified atom stereocenters. The molecule has 1 aliphatic rings. The molecule has 6 heteroatoms. The van der Waals surface area contributed by atoms with Crippen LogP contribution in [0.25, 0.3) is 0 Å². The normalized spacial score (nSPS) is 14.9. The van der Waals surface area contributed by atoms with E-state index < -0.39 is 0 Å². The number of rotatable bonds is 7. The van der Waals surface area contributed by atoms with Gasteiger partial charge in [0.2, 0.25) is 0 Å². The van der Waals surface area contributed by atoms with Gasteiger partial charge in [-0.3, -0.25) is 4.99 Å². The molecular weight excluding hydrogens is 477 g/mol. The minimum absolute atomic E-state index is 0. The van der Waals surface area contributed by atoms with Crippen LogP contribution in [0.1, 0.15) is 29.5 Å². The Balaban J connectivity index is 0.00000300. The lowest BCUT2D eigenvalue weighted by atomic mass is 10.1. The SMILES string of the molecule is CN=C(NCc1ccc(COC2CCOCC2)cc1)N(C)Cc1ccccc1.I. The van der Waals surface area contributed by atoms with E-state index in [9.17, 15) is 0 Å². The summed E-state index contributed by atoms with van der Waals surface area (Å²) in [5, 5.41) is 3.44. The minimum atomic E-state index is 0. The molecule has 1 saturated heterocycles. The molecule has 29 heavy (non-hydrogen) atoms. The Morgan fingerprint density at radius 1 is 1.03 bits per heavy atom. The highest BCUT2D eigenvalue weighted by molar-refractivity contribution is 14.0. The minimum Gasteiger partial charge on any atom is -0.381 e. The zero-order chi connectivity index (χ0) is 19.6. The zero-order valence-electron chi connectivity index (χ0n) is 17.3. The van der Waals surface area contributed by atoms with E-state index in [0.717, 1.165) is 45.1 Å². The van der Waals surface area contributed by atoms with E-state index in [2.05, 4.69) is 70.8 Å². The van der Waals surface area contributed by atoms with E-state index >= 15 is 0 Å². The van der Waals surface area contributed by atoms with Crippen LogP contribution in [0.5, 0.6) is 0 Å². The molecular formula is C23H32IN3O2. The highest BCUT2D eigenvalue weighted by Gasteiger charge is 2.14. The molecule has 0 atom stereocenters. The van der Waals surface area contributed by atoms with Gasteiger partial charge in [-0.25, -0.2) is 0 Å². The first-order valence-corrected chi connectivity index (χ1v) is 9.97. The summed E-state index contributed by atoms with van der Waals surface area (Å²) in [6, 6.07) is 19.0. The Hall–Kier alpha value is -1.64. The van der Waals surface area contributed by atoms with E-state index in [-0.39, 0.29) is 24.0 Å². The van der Waals surface area contributed by atoms with Gasteiger partial charge in [-0.15, -0.1) is 24.0 Å². The predicted octanol–water partition coefficient (Wildman–Crippen LogP) is 4.21. The molecule has 0 saturated carbocycles. The smallest absolute Gasteiger partial charge is 0.193 e. The fourth-order valence-corrected chi connectivity index (χ4v) is 3.31. The number of benzene rings is 2. The van der Waals surface area contributed by atoms with Crippen molar-refractivity contribution in [1.82, 2.24) is 10.2 Å². The summed E-state index contributed by atoms with van der Waals surface area (Å²) >= 11 is 0. The molecule has 0 radical (unpaired) electrons. The van der Waals surface area contributed by atoms with Crippen molar-refractivity contribution >= 4 is 29.9 Å². The van der Waals surface area contributed by atoms with Gasteiger partial charge in [0.1, 0.15) is 0 Å². The number of aliphatic imine (C=N–C) groups is 1. The first-order chi connectivity index (χ1) is 13.7. The Morgan fingerprint density at radius 2 is 1.69 bits per heavy atom. The summed E-state index contributed by atoms with van der Waals surface area (Å²) in [5.41, 5.74) is 3.70. The average Bonchev–Trinajstić information content (AvgIpc) is 2.75. The molecule has 0 amide bonds. The van der Waals surface area contributed by atoms with Crippen molar-refractivity contribution in [2.75, 3.05) is 27.3 Å². The molecule has 1 N–H and O–H groups in total. The Morgan fingerprint density at radius 3 is 2.34 bits per heavy atom. The van der Waals surface area contributed by atoms with Gasteiger partial charge in [0.05, 0.1) is 12.7 Å². The second-order valence-corrected chi connectivity index (χ2v) is 7.18. The molecule has 0 bridgehead atoms. The number of nitrogens with one attached hydrogen (secondary N) is 1. The molecule has 0 aromatic heterocycles. The molecule has 2 aromatic carbocycles. The quantitative estimate of drug-likeness (QED) is 0.345. The van der Waals surface area contributed by atoms with Crippen LogP contribution in [0.15, 0.2) is 59.6 Å². The van der Waals surface area contributed by atoms with Gasteiger partial charge in [-0.1, -0.05) is 54.6 Å². The molecule has 0 aliphatic carbocycles. The molecule has 1 fully saturated rings. The van der Waals surface area contributed by atoms with Crippen LogP contribution in [-0.4, -0.2) is 44.3 Å². The Bertz CT molecular complexity index is 732. The molecule has 158 valence electrons. The monoisotopic (exact) mass is 509 g/mol. The first-order valence-electron chi connectivity index (χ1n) is 9.97. The van der Waals surface area contributed by atoms with Crippen molar-refractivity contribution in [3.05, 3.63) is 71.3 Å². The Kier molecular flexibility index (Phi) is 10.5. The van der Waals surface area contributed by atoms with Crippen molar-refractivity contribution in [1.29, 1.82) is 0 Å². The zero-order valence-corrected chi connectivity index (χ0v) is 19.7. The van der Waals surface area contributed by atoms with E-state index in [4.69, 9.17) is 9.47 Å². The van der Waals surface area contributed by atoms with Crippen molar-refractivity contribution in [3.8, 4) is 0 Å². The maximum atomic E-state index is 5.99. The summed E-state index contributed by atoms with van der Waals surface area (Å²) in [6.07, 6.45) is 2.33. The summed E-state index contributed by atoms with van der Waals surface area (Å²) in [7, 11) is 3.87. The lowest BCUT2D eigenvalue weighted by Gasteiger charge is -2.23. The third-order valence-electron chi connectivity index (χ3n) is 4.96. The van der Waals surface area contributed by atoms with Crippen molar-refractivity contribution < 1.29 is 9.47 Å². The number of guanidine groups is 1. The first kappa shape index (κ1) is 23.6. The lowest BCUT2D eigenvalue weighted by Crippen LogP contribution is -2.38. The van der Waals surface area contributed by atoms with Gasteiger partial charge in [0.25, 0.3) is 0 Å². The standard InChI is InChI=1S/C23H31N3O2.HI/c1-24-23(26(2)17-20-6-4-3-5-7-20)25-16-19-8-10-21(11-9-19)18-28-22-12-14-27-15-13-22;/h3-11,22H,12-18H2,1-2H3,(H,24,25);1H. The van der Waals surface area contributed by atoms with Gasteiger partial charge in [-0.2, -0.15) is 0 Å². The molecule has 0 spiro atoms. The molecule has 1 aliphatic heterocycles. The lowest BCUT2D eigenvalue weighted by molar-refractivity contribution is -0.0390. The molecule has 2 aromatic rings. The van der Waals surface area contributed by atoms with E-state index in [1.165, 1.54) is 16.7 Å². The summed E-state index contributed by atoms with van der Waals surface area (Å²) in [5.74, 6) is 0.885. The topological polar surface area (TPSA) is 46.1 Å². The van der Waals surface area contributed by atoms with Crippen molar-refractivity contribution in [2.24, 2.45) is 4.99 Å². The van der Waals surface area contributed by atoms with E-state index in [1.807, 2.05) is 13.1 Å². The van der Waals surface area contributed by atoms with Crippen LogP contribution in [0.3, 0.4) is 0 Å². The predicted molar refractivity (Wildman–Crippen MR) is 129 cm³/mol. The maximum Gasteiger partial charge on any atom is 0.193 e. The number of halogens is 1. The second-order valence-electron chi connectivity index (χ2n) is 7.18. The second kappa shape index (κ2) is 12.8. The van der Waals surface area contributed by atoms with Crippen molar-refractivity contribution in [2.45, 2.75) is 38.6 Å². The molecule has 5 nitrogen and oxygen atoms in total. The highest BCUT2D eigenvalue weighted by atomic mass is 127. The van der Waals surface area contributed by atoms with Gasteiger partial charge in [-0.05, 0) is 29.5 Å². The van der Waals surface area contributed by atoms with Gasteiger partial charge in [0, 0.05) is 40.4 Å². The largest absolute Gasteiger partial charge is 0.381 e. The number of nitrogens with zero attached hydrogens (tertiary/aromatic N) is 2. The van der Waals surface area contributed by atoms with Crippen LogP contribution in [0, 0.1) is 0 Å². The average molecular weight is 509 g/mol. The summed E-state index contributed by atoms with van der Waals surface area (Å²) in [4.78, 5) is 6.53. The Labute approximate surface area is 191 Å². The van der Waals surface area contributed by atoms with E-state index in [1.54, 1.807) is 0 Å². The van der Waals surface area contributed by atoms with Crippen LogP contribution in [-0.2, 0) is 29.2 Å². The van der Waals surface area contributed by atoms with E-state index in [0.29, 0.717) is 12.7 Å². The third kappa shape index (κ3) is 7.95. The fourth-order valence-electron chi connectivity index (χ4n) is 3.31. The number of ether oxygens (including phenoxy) is 2. The summed E-state index contributed by atoms with van der Waals surface area (Å²) < 4.78 is 11.4. The molecule has 3 rings (SSSR count). The number of hydrogen-bond acceptors (Lipinski definition) is 3. The van der Waals surface area contributed by atoms with Gasteiger partial charge >= 0.3 is 0 Å². The van der Waals surface area contributed by atoms with Crippen LogP contribution >= 0.6 is 24.0 Å². The number of hydrogen-bond donors (Lipinski definition) is 1. The maximum absolute atomic E-state index is 5.99. The van der Waals surface area contributed by atoms with Crippen LogP contribution in [0.4, 0.5) is 0 Å². The van der Waals surface area contributed by atoms with Gasteiger partial charge in [0.15, 0.2) is 5.96 Å². The van der Waals surface area contributed by atoms with Crippen molar-refractivity contribution in [3.63, 3.8) is 0 Å². The fraction of sp³-hybridized carbons (Fsp3) is 0.435. The third-order valence-corrected chi connectivity index (χ3v) is 4.96.